The molecule has 2 aromatic rings. The van der Waals surface area contributed by atoms with Gasteiger partial charge in [0, 0.05) is 18.3 Å². The van der Waals surface area contributed by atoms with Gasteiger partial charge in [0.1, 0.15) is 25.6 Å². The van der Waals surface area contributed by atoms with E-state index in [1.807, 2.05) is 48.3 Å². The normalized spacial score (nSPS) is 12.5. The third-order valence-electron chi connectivity index (χ3n) is 3.98. The van der Waals surface area contributed by atoms with E-state index in [1.165, 1.54) is 0 Å². The van der Waals surface area contributed by atoms with Crippen LogP contribution in [-0.2, 0) is 11.3 Å². The number of hydrogen-bond acceptors (Lipinski definition) is 5. The molecule has 0 spiro atoms. The maximum atomic E-state index is 12.3. The smallest absolute Gasteiger partial charge is 0.238 e. The van der Waals surface area contributed by atoms with E-state index in [0.29, 0.717) is 43.6 Å². The summed E-state index contributed by atoms with van der Waals surface area (Å²) in [5, 5.41) is 2.90. The molecule has 0 fully saturated rings. The number of fused-ring (bicyclic) bond motifs is 1. The number of hydrogen-bond donors (Lipinski definition) is 1. The SMILES string of the molecule is C=CCOc1ccc(CN(C)CC(=O)Nc2ccc3c(c2)OCCO3)cc1. The number of carbonyl (C=O) groups excluding carboxylic acids is 1. The molecule has 1 aliphatic heterocycles. The van der Waals surface area contributed by atoms with E-state index in [4.69, 9.17) is 14.2 Å². The van der Waals surface area contributed by atoms with Crippen molar-refractivity contribution in [2.45, 2.75) is 6.54 Å². The lowest BCUT2D eigenvalue weighted by Crippen LogP contribution is -2.29. The Morgan fingerprint density at radius 2 is 1.93 bits per heavy atom. The van der Waals surface area contributed by atoms with Crippen LogP contribution in [0.1, 0.15) is 5.56 Å². The molecule has 0 saturated heterocycles. The van der Waals surface area contributed by atoms with Crippen LogP contribution in [0.25, 0.3) is 0 Å². The summed E-state index contributed by atoms with van der Waals surface area (Å²) in [5.41, 5.74) is 1.80. The minimum Gasteiger partial charge on any atom is -0.490 e. The Labute approximate surface area is 159 Å². The summed E-state index contributed by atoms with van der Waals surface area (Å²) >= 11 is 0. The Balaban J connectivity index is 1.49. The number of amides is 1. The second-order valence-electron chi connectivity index (χ2n) is 6.32. The molecule has 142 valence electrons. The maximum absolute atomic E-state index is 12.3. The fourth-order valence-electron chi connectivity index (χ4n) is 2.78. The quantitative estimate of drug-likeness (QED) is 0.726. The summed E-state index contributed by atoms with van der Waals surface area (Å²) in [5.74, 6) is 2.08. The van der Waals surface area contributed by atoms with Crippen LogP contribution >= 0.6 is 0 Å². The molecule has 0 bridgehead atoms. The van der Waals surface area contributed by atoms with E-state index in [9.17, 15) is 4.79 Å². The van der Waals surface area contributed by atoms with Crippen molar-refractivity contribution in [1.82, 2.24) is 4.90 Å². The monoisotopic (exact) mass is 368 g/mol. The molecular formula is C21H24N2O4. The van der Waals surface area contributed by atoms with Gasteiger partial charge >= 0.3 is 0 Å². The topological polar surface area (TPSA) is 60.0 Å². The van der Waals surface area contributed by atoms with Crippen LogP contribution in [0, 0.1) is 0 Å². The summed E-state index contributed by atoms with van der Waals surface area (Å²) in [4.78, 5) is 14.3. The van der Waals surface area contributed by atoms with Gasteiger partial charge in [-0.2, -0.15) is 0 Å². The van der Waals surface area contributed by atoms with Crippen molar-refractivity contribution in [2.24, 2.45) is 0 Å². The van der Waals surface area contributed by atoms with Gasteiger partial charge in [-0.15, -0.1) is 0 Å². The van der Waals surface area contributed by atoms with E-state index >= 15 is 0 Å². The number of rotatable bonds is 8. The Morgan fingerprint density at radius 3 is 2.67 bits per heavy atom. The van der Waals surface area contributed by atoms with Gasteiger partial charge in [-0.25, -0.2) is 0 Å². The zero-order chi connectivity index (χ0) is 19.1. The van der Waals surface area contributed by atoms with Crippen molar-refractivity contribution >= 4 is 11.6 Å². The van der Waals surface area contributed by atoms with Gasteiger partial charge in [0.05, 0.1) is 6.54 Å². The molecule has 2 aromatic carbocycles. The van der Waals surface area contributed by atoms with E-state index in [-0.39, 0.29) is 12.5 Å². The van der Waals surface area contributed by atoms with Crippen LogP contribution in [-0.4, -0.2) is 44.2 Å². The van der Waals surface area contributed by atoms with E-state index in [0.717, 1.165) is 11.3 Å². The number of anilines is 1. The van der Waals surface area contributed by atoms with Crippen molar-refractivity contribution in [3.63, 3.8) is 0 Å². The van der Waals surface area contributed by atoms with Gasteiger partial charge in [-0.05, 0) is 36.9 Å². The highest BCUT2D eigenvalue weighted by molar-refractivity contribution is 5.92. The van der Waals surface area contributed by atoms with Gasteiger partial charge in [-0.3, -0.25) is 9.69 Å². The van der Waals surface area contributed by atoms with Gasteiger partial charge in [0.15, 0.2) is 11.5 Å². The molecule has 0 aromatic heterocycles. The predicted octanol–water partition coefficient (Wildman–Crippen LogP) is 3.09. The van der Waals surface area contributed by atoms with Crippen molar-refractivity contribution in [1.29, 1.82) is 0 Å². The van der Waals surface area contributed by atoms with Crippen molar-refractivity contribution < 1.29 is 19.0 Å². The first-order valence-electron chi connectivity index (χ1n) is 8.85. The standard InChI is InChI=1S/C21H24N2O4/c1-3-10-25-18-7-4-16(5-8-18)14-23(2)15-21(24)22-17-6-9-19-20(13-17)27-12-11-26-19/h3-9,13H,1,10-12,14-15H2,2H3,(H,22,24). The Kier molecular flexibility index (Phi) is 6.33. The Hall–Kier alpha value is -2.99. The van der Waals surface area contributed by atoms with Gasteiger partial charge in [0.25, 0.3) is 0 Å². The lowest BCUT2D eigenvalue weighted by atomic mass is 10.2. The summed E-state index contributed by atoms with van der Waals surface area (Å²) in [6.07, 6.45) is 1.71. The summed E-state index contributed by atoms with van der Waals surface area (Å²) in [6, 6.07) is 13.2. The zero-order valence-corrected chi connectivity index (χ0v) is 15.4. The molecular weight excluding hydrogens is 344 g/mol. The summed E-state index contributed by atoms with van der Waals surface area (Å²) < 4.78 is 16.5. The number of nitrogens with zero attached hydrogens (tertiary/aromatic N) is 1. The molecule has 1 N–H and O–H groups in total. The number of benzene rings is 2. The minimum atomic E-state index is -0.0832. The highest BCUT2D eigenvalue weighted by atomic mass is 16.6. The largest absolute Gasteiger partial charge is 0.490 e. The number of nitrogens with one attached hydrogen (secondary N) is 1. The highest BCUT2D eigenvalue weighted by Gasteiger charge is 2.13. The molecule has 0 atom stereocenters. The second kappa shape index (κ2) is 9.09. The lowest BCUT2D eigenvalue weighted by molar-refractivity contribution is -0.117. The van der Waals surface area contributed by atoms with Crippen molar-refractivity contribution in [3.8, 4) is 17.2 Å². The van der Waals surface area contributed by atoms with E-state index in [1.54, 1.807) is 12.1 Å². The molecule has 0 aliphatic carbocycles. The van der Waals surface area contributed by atoms with Crippen LogP contribution in [0.15, 0.2) is 55.1 Å². The lowest BCUT2D eigenvalue weighted by Gasteiger charge is -2.20. The van der Waals surface area contributed by atoms with Crippen LogP contribution < -0.4 is 19.5 Å². The number of likely N-dealkylation sites (N-methyl/N-ethyl adjacent to an activating group) is 1. The molecule has 6 nitrogen and oxygen atoms in total. The van der Waals surface area contributed by atoms with Gasteiger partial charge < -0.3 is 19.5 Å². The van der Waals surface area contributed by atoms with Crippen molar-refractivity contribution in [3.05, 3.63) is 60.7 Å². The van der Waals surface area contributed by atoms with Crippen LogP contribution in [0.2, 0.25) is 0 Å². The molecule has 6 heteroatoms. The molecule has 0 unspecified atom stereocenters. The summed E-state index contributed by atoms with van der Waals surface area (Å²) in [7, 11) is 1.91. The first-order valence-corrected chi connectivity index (χ1v) is 8.85. The van der Waals surface area contributed by atoms with Gasteiger partial charge in [0.2, 0.25) is 5.91 Å². The number of ether oxygens (including phenoxy) is 3. The third-order valence-corrected chi connectivity index (χ3v) is 3.98. The first kappa shape index (κ1) is 18.8. The van der Waals surface area contributed by atoms with Crippen LogP contribution in [0.3, 0.4) is 0 Å². The minimum absolute atomic E-state index is 0.0832. The number of carbonyl (C=O) groups is 1. The van der Waals surface area contributed by atoms with E-state index in [2.05, 4.69) is 11.9 Å². The Morgan fingerprint density at radius 1 is 1.19 bits per heavy atom. The van der Waals surface area contributed by atoms with Crippen molar-refractivity contribution in [2.75, 3.05) is 38.7 Å². The Bertz CT molecular complexity index is 789. The van der Waals surface area contributed by atoms with E-state index < -0.39 is 0 Å². The molecule has 3 rings (SSSR count). The average molecular weight is 368 g/mol. The first-order chi connectivity index (χ1) is 13.1. The molecule has 0 radical (unpaired) electrons. The third kappa shape index (κ3) is 5.49. The summed E-state index contributed by atoms with van der Waals surface area (Å²) in [6.45, 7) is 6.12. The maximum Gasteiger partial charge on any atom is 0.238 e. The van der Waals surface area contributed by atoms with Crippen LogP contribution in [0.4, 0.5) is 5.69 Å². The molecule has 1 heterocycles. The van der Waals surface area contributed by atoms with Crippen LogP contribution in [0.5, 0.6) is 17.2 Å². The molecule has 1 amide bonds. The fraction of sp³-hybridized carbons (Fsp3) is 0.286. The second-order valence-corrected chi connectivity index (χ2v) is 6.32. The van der Waals surface area contributed by atoms with Gasteiger partial charge in [-0.1, -0.05) is 24.8 Å². The fourth-order valence-corrected chi connectivity index (χ4v) is 2.78. The predicted molar refractivity (Wildman–Crippen MR) is 105 cm³/mol. The highest BCUT2D eigenvalue weighted by Crippen LogP contribution is 2.32. The average Bonchev–Trinajstić information content (AvgIpc) is 2.67. The molecule has 1 aliphatic rings. The molecule has 0 saturated carbocycles. The zero-order valence-electron chi connectivity index (χ0n) is 15.4. The molecule has 27 heavy (non-hydrogen) atoms.